The first-order chi connectivity index (χ1) is 10.6. The van der Waals surface area contributed by atoms with Crippen molar-refractivity contribution in [2.45, 2.75) is 19.3 Å². The number of nitrogens with one attached hydrogen (secondary N) is 2. The Morgan fingerprint density at radius 3 is 2.59 bits per heavy atom. The number of methoxy groups -OCH3 is 1. The maximum atomic E-state index is 11.1. The largest absolute Gasteiger partial charge is 0.497 e. The van der Waals surface area contributed by atoms with Crippen LogP contribution in [-0.4, -0.2) is 26.2 Å². The third-order valence-electron chi connectivity index (χ3n) is 3.73. The van der Waals surface area contributed by atoms with Crippen LogP contribution in [0.2, 0.25) is 0 Å². The van der Waals surface area contributed by atoms with Gasteiger partial charge in [-0.3, -0.25) is 4.79 Å². The molecule has 2 N–H and O–H groups in total. The summed E-state index contributed by atoms with van der Waals surface area (Å²) >= 11 is 6.32. The summed E-state index contributed by atoms with van der Waals surface area (Å²) in [6, 6.07) is 7.74. The first kappa shape index (κ1) is 16.3. The quantitative estimate of drug-likeness (QED) is 0.819. The molecule has 0 fully saturated rings. The lowest BCUT2D eigenvalue weighted by Gasteiger charge is -2.21. The van der Waals surface area contributed by atoms with Crippen LogP contribution in [-0.2, 0) is 11.2 Å². The minimum absolute atomic E-state index is 0.393. The van der Waals surface area contributed by atoms with E-state index in [0.29, 0.717) is 41.2 Å². The van der Waals surface area contributed by atoms with E-state index in [-0.39, 0.29) is 0 Å². The number of carbonyl (C=O) groups is 1. The zero-order valence-corrected chi connectivity index (χ0v) is 13.5. The first-order valence-corrected chi connectivity index (χ1v) is 7.44. The highest BCUT2D eigenvalue weighted by Crippen LogP contribution is 2.31. The average molecular weight is 319 g/mol. The Labute approximate surface area is 135 Å². The lowest BCUT2D eigenvalue weighted by atomic mass is 9.90. The molecule has 0 amide bonds. The number of ether oxygens (including phenoxy) is 1. The van der Waals surface area contributed by atoms with Crippen molar-refractivity contribution >= 4 is 23.6 Å². The Bertz CT molecular complexity index is 645. The predicted octanol–water partition coefficient (Wildman–Crippen LogP) is 3.22. The number of halogens is 1. The normalized spacial score (nSPS) is 17.3. The van der Waals surface area contributed by atoms with Crippen LogP contribution in [0, 0.1) is 5.41 Å². The third-order valence-corrected chi connectivity index (χ3v) is 4.17. The number of rotatable bonds is 5. The minimum atomic E-state index is 0.393. The van der Waals surface area contributed by atoms with Crippen LogP contribution in [0.4, 0.5) is 0 Å². The molecule has 5 heteroatoms. The number of likely N-dealkylation sites (N-methyl/N-ethyl adjacent to an activating group) is 1. The first-order valence-electron chi connectivity index (χ1n) is 7.06. The van der Waals surface area contributed by atoms with Crippen molar-refractivity contribution < 1.29 is 9.53 Å². The van der Waals surface area contributed by atoms with Crippen LogP contribution >= 0.6 is 11.6 Å². The molecule has 22 heavy (non-hydrogen) atoms. The van der Waals surface area contributed by atoms with E-state index in [4.69, 9.17) is 21.7 Å². The van der Waals surface area contributed by atoms with Crippen LogP contribution in [0.15, 0.2) is 46.1 Å². The van der Waals surface area contributed by atoms with Crippen molar-refractivity contribution in [2.75, 3.05) is 14.2 Å². The highest BCUT2D eigenvalue weighted by Gasteiger charge is 2.23. The van der Waals surface area contributed by atoms with E-state index < -0.39 is 0 Å². The van der Waals surface area contributed by atoms with E-state index in [2.05, 4.69) is 5.32 Å². The van der Waals surface area contributed by atoms with Gasteiger partial charge in [-0.05, 0) is 30.5 Å². The number of hydrogen-bond donors (Lipinski definition) is 2. The van der Waals surface area contributed by atoms with Crippen molar-refractivity contribution in [1.82, 2.24) is 5.32 Å². The van der Waals surface area contributed by atoms with Gasteiger partial charge in [-0.2, -0.15) is 0 Å². The fourth-order valence-corrected chi connectivity index (χ4v) is 2.83. The van der Waals surface area contributed by atoms with Gasteiger partial charge in [0.1, 0.15) is 12.0 Å². The van der Waals surface area contributed by atoms with E-state index in [1.165, 1.54) is 0 Å². The van der Waals surface area contributed by atoms with Crippen molar-refractivity contribution in [3.63, 3.8) is 0 Å². The molecule has 0 unspecified atom stereocenters. The maximum Gasteiger partial charge on any atom is 0.147 e. The maximum absolute atomic E-state index is 11.1. The SMILES string of the molecule is CN/C(Cc1ccc(OC)cc1)=C1\C(=N)CCC(C=O)=C1Cl. The van der Waals surface area contributed by atoms with E-state index in [1.807, 2.05) is 24.3 Å². The van der Waals surface area contributed by atoms with Gasteiger partial charge in [0.05, 0.1) is 12.1 Å². The molecule has 4 nitrogen and oxygen atoms in total. The fraction of sp³-hybridized carbons (Fsp3) is 0.294. The molecule has 1 aromatic rings. The van der Waals surface area contributed by atoms with Gasteiger partial charge < -0.3 is 15.5 Å². The molecule has 0 saturated heterocycles. The number of benzene rings is 1. The van der Waals surface area contributed by atoms with Gasteiger partial charge in [0.25, 0.3) is 0 Å². The molecule has 0 heterocycles. The molecule has 0 aromatic heterocycles. The van der Waals surface area contributed by atoms with Gasteiger partial charge in [0, 0.05) is 36.0 Å². The second kappa shape index (κ2) is 7.27. The minimum Gasteiger partial charge on any atom is -0.497 e. The lowest BCUT2D eigenvalue weighted by Crippen LogP contribution is -2.20. The Kier molecular flexibility index (Phi) is 5.39. The van der Waals surface area contributed by atoms with Crippen LogP contribution in [0.3, 0.4) is 0 Å². The van der Waals surface area contributed by atoms with Crippen molar-refractivity contribution in [3.8, 4) is 5.75 Å². The summed E-state index contributed by atoms with van der Waals surface area (Å²) in [6.45, 7) is 0. The van der Waals surface area contributed by atoms with E-state index in [0.717, 1.165) is 23.3 Å². The van der Waals surface area contributed by atoms with Gasteiger partial charge in [-0.25, -0.2) is 0 Å². The molecule has 1 aliphatic carbocycles. The van der Waals surface area contributed by atoms with Gasteiger partial charge in [-0.1, -0.05) is 23.7 Å². The highest BCUT2D eigenvalue weighted by molar-refractivity contribution is 6.38. The smallest absolute Gasteiger partial charge is 0.147 e. The second-order valence-electron chi connectivity index (χ2n) is 5.06. The zero-order chi connectivity index (χ0) is 16.1. The number of aldehydes is 1. The molecule has 0 radical (unpaired) electrons. The topological polar surface area (TPSA) is 62.2 Å². The summed E-state index contributed by atoms with van der Waals surface area (Å²) in [5.41, 5.74) is 3.60. The predicted molar refractivity (Wildman–Crippen MR) is 88.7 cm³/mol. The molecule has 0 bridgehead atoms. The Balaban J connectivity index is 2.39. The zero-order valence-electron chi connectivity index (χ0n) is 12.7. The molecular formula is C17H19ClN2O2. The Morgan fingerprint density at radius 2 is 2.05 bits per heavy atom. The number of allylic oxidation sites excluding steroid dienone is 4. The van der Waals surface area contributed by atoms with Crippen LogP contribution in [0.25, 0.3) is 0 Å². The summed E-state index contributed by atoms with van der Waals surface area (Å²) < 4.78 is 5.15. The molecule has 0 atom stereocenters. The summed E-state index contributed by atoms with van der Waals surface area (Å²) in [6.07, 6.45) is 2.47. The molecule has 0 aliphatic heterocycles. The van der Waals surface area contributed by atoms with Crippen LogP contribution in [0.1, 0.15) is 18.4 Å². The molecule has 0 saturated carbocycles. The summed E-state index contributed by atoms with van der Waals surface area (Å²) in [4.78, 5) is 11.1. The molecule has 0 spiro atoms. The molecule has 1 aliphatic rings. The van der Waals surface area contributed by atoms with Gasteiger partial charge in [-0.15, -0.1) is 0 Å². The molecule has 1 aromatic carbocycles. The summed E-state index contributed by atoms with van der Waals surface area (Å²) in [5, 5.41) is 11.7. The monoisotopic (exact) mass is 318 g/mol. The fourth-order valence-electron chi connectivity index (χ4n) is 2.46. The van der Waals surface area contributed by atoms with Gasteiger partial charge >= 0.3 is 0 Å². The molecule has 2 rings (SSSR count). The standard InChI is InChI=1S/C17H19ClN2O2/c1-20-15(9-11-3-6-13(22-2)7-4-11)16-14(19)8-5-12(10-21)17(16)18/h3-4,6-7,10,19-20H,5,8-9H2,1-2H3/b16-15+,19-14?. The second-order valence-corrected chi connectivity index (χ2v) is 5.44. The van der Waals surface area contributed by atoms with Crippen molar-refractivity contribution in [3.05, 3.63) is 51.7 Å². The Morgan fingerprint density at radius 1 is 1.36 bits per heavy atom. The van der Waals surface area contributed by atoms with Crippen LogP contribution < -0.4 is 10.1 Å². The number of carbonyl (C=O) groups excluding carboxylic acids is 1. The van der Waals surface area contributed by atoms with E-state index in [9.17, 15) is 4.79 Å². The summed E-state index contributed by atoms with van der Waals surface area (Å²) in [7, 11) is 3.43. The van der Waals surface area contributed by atoms with Gasteiger partial charge in [0.2, 0.25) is 0 Å². The number of hydrogen-bond acceptors (Lipinski definition) is 4. The molecular weight excluding hydrogens is 300 g/mol. The third kappa shape index (κ3) is 3.39. The van der Waals surface area contributed by atoms with E-state index in [1.54, 1.807) is 14.2 Å². The lowest BCUT2D eigenvalue weighted by molar-refractivity contribution is -0.105. The Hall–Kier alpha value is -2.07. The van der Waals surface area contributed by atoms with E-state index >= 15 is 0 Å². The average Bonchev–Trinajstić information content (AvgIpc) is 2.54. The van der Waals surface area contributed by atoms with Crippen LogP contribution in [0.5, 0.6) is 5.75 Å². The van der Waals surface area contributed by atoms with Crippen molar-refractivity contribution in [1.29, 1.82) is 5.41 Å². The molecule has 116 valence electrons. The summed E-state index contributed by atoms with van der Waals surface area (Å²) in [5.74, 6) is 0.800. The highest BCUT2D eigenvalue weighted by atomic mass is 35.5. The van der Waals surface area contributed by atoms with Gasteiger partial charge in [0.15, 0.2) is 0 Å². The van der Waals surface area contributed by atoms with Crippen molar-refractivity contribution in [2.24, 2.45) is 0 Å².